The van der Waals surface area contributed by atoms with Gasteiger partial charge in [0.15, 0.2) is 0 Å². The van der Waals surface area contributed by atoms with E-state index in [9.17, 15) is 19.2 Å². The van der Waals surface area contributed by atoms with Crippen LogP contribution in [-0.4, -0.2) is 71.6 Å². The minimum atomic E-state index is -1.08. The van der Waals surface area contributed by atoms with Gasteiger partial charge in [-0.2, -0.15) is 0 Å². The molecule has 0 aromatic carbocycles. The van der Waals surface area contributed by atoms with Crippen LogP contribution in [0.1, 0.15) is 53.4 Å². The molecular weight excluding hydrogens is 485 g/mol. The molecular formula is C25H42N3O7P. The Morgan fingerprint density at radius 2 is 1.94 bits per heavy atom. The van der Waals surface area contributed by atoms with Gasteiger partial charge in [0, 0.05) is 5.92 Å². The molecule has 10 nitrogen and oxygen atoms in total. The van der Waals surface area contributed by atoms with E-state index in [1.807, 2.05) is 0 Å². The summed E-state index contributed by atoms with van der Waals surface area (Å²) in [4.78, 5) is 46.5. The summed E-state index contributed by atoms with van der Waals surface area (Å²) in [7, 11) is 2.71. The van der Waals surface area contributed by atoms with Gasteiger partial charge in [0.2, 0.25) is 5.91 Å². The van der Waals surface area contributed by atoms with Crippen LogP contribution in [0.2, 0.25) is 0 Å². The van der Waals surface area contributed by atoms with Gasteiger partial charge in [-0.15, -0.1) is 22.4 Å². The number of esters is 1. The van der Waals surface area contributed by atoms with Gasteiger partial charge in [-0.05, 0) is 72.0 Å². The van der Waals surface area contributed by atoms with Gasteiger partial charge < -0.3 is 30.5 Å². The summed E-state index contributed by atoms with van der Waals surface area (Å²) in [6, 6.07) is -1.15. The first-order chi connectivity index (χ1) is 16.8. The van der Waals surface area contributed by atoms with Gasteiger partial charge in [0.05, 0.1) is 12.6 Å². The largest absolute Gasteiger partial charge is 0.480 e. The van der Waals surface area contributed by atoms with Crippen LogP contribution in [0.15, 0.2) is 25.3 Å². The molecule has 11 heteroatoms. The lowest BCUT2D eigenvalue weighted by molar-refractivity contribution is -0.149. The molecule has 0 bridgehead atoms. The monoisotopic (exact) mass is 527 g/mol. The lowest BCUT2D eigenvalue weighted by Crippen LogP contribution is -2.51. The van der Waals surface area contributed by atoms with Crippen molar-refractivity contribution in [2.75, 3.05) is 19.3 Å². The normalized spacial score (nSPS) is 25.3. The Bertz CT molecular complexity index is 814. The molecule has 2 rings (SSSR count). The number of aliphatic carboxylic acids is 1. The lowest BCUT2D eigenvalue weighted by atomic mass is 10.1. The highest BCUT2D eigenvalue weighted by Crippen LogP contribution is 2.45. The lowest BCUT2D eigenvalue weighted by Gasteiger charge is -2.21. The van der Waals surface area contributed by atoms with Crippen molar-refractivity contribution in [1.82, 2.24) is 16.0 Å². The van der Waals surface area contributed by atoms with E-state index >= 15 is 0 Å². The van der Waals surface area contributed by atoms with Crippen LogP contribution in [0, 0.1) is 11.8 Å². The number of ether oxygens (including phenoxy) is 2. The van der Waals surface area contributed by atoms with E-state index in [1.165, 1.54) is 0 Å². The maximum Gasteiger partial charge on any atom is 0.408 e. The number of alkyl carbamates (subject to hydrolysis) is 1. The van der Waals surface area contributed by atoms with Crippen molar-refractivity contribution in [2.45, 2.75) is 76.6 Å². The van der Waals surface area contributed by atoms with Crippen LogP contribution in [0.5, 0.6) is 0 Å². The van der Waals surface area contributed by atoms with E-state index in [0.29, 0.717) is 31.8 Å². The third-order valence-corrected chi connectivity index (χ3v) is 6.47. The van der Waals surface area contributed by atoms with E-state index < -0.39 is 29.2 Å². The number of amides is 2. The number of allylic oxidation sites excluding steroid dienone is 1. The average Bonchev–Trinajstić information content (AvgIpc) is 3.29. The molecule has 0 aromatic heterocycles. The zero-order valence-electron chi connectivity index (χ0n) is 21.8. The smallest absolute Gasteiger partial charge is 0.408 e. The van der Waals surface area contributed by atoms with E-state index in [0.717, 1.165) is 19.1 Å². The number of carboxylic acid groups (broad SMARTS) is 1. The Morgan fingerprint density at radius 1 is 1.28 bits per heavy atom. The highest BCUT2D eigenvalue weighted by atomic mass is 31.0. The van der Waals surface area contributed by atoms with Gasteiger partial charge in [-0.1, -0.05) is 12.2 Å². The van der Waals surface area contributed by atoms with Gasteiger partial charge >= 0.3 is 18.0 Å². The van der Waals surface area contributed by atoms with Crippen LogP contribution in [-0.2, 0) is 23.9 Å². The molecule has 1 saturated carbocycles. The molecule has 0 spiro atoms. The first-order valence-electron chi connectivity index (χ1n) is 12.2. The van der Waals surface area contributed by atoms with Gasteiger partial charge in [0.25, 0.3) is 0 Å². The van der Waals surface area contributed by atoms with Gasteiger partial charge in [-0.3, -0.25) is 4.79 Å². The minimum absolute atomic E-state index is 0.0237. The van der Waals surface area contributed by atoms with E-state index in [2.05, 4.69) is 38.3 Å². The summed E-state index contributed by atoms with van der Waals surface area (Å²) in [6.07, 6.45) is 5.80. The van der Waals surface area contributed by atoms with Gasteiger partial charge in [-0.25, -0.2) is 14.4 Å². The van der Waals surface area contributed by atoms with Crippen LogP contribution in [0.4, 0.5) is 4.79 Å². The van der Waals surface area contributed by atoms with E-state index in [-0.39, 0.29) is 23.8 Å². The van der Waals surface area contributed by atoms with Gasteiger partial charge in [0.1, 0.15) is 17.2 Å². The molecule has 1 saturated heterocycles. The predicted molar refractivity (Wildman–Crippen MR) is 141 cm³/mol. The predicted octanol–water partition coefficient (Wildman–Crippen LogP) is 2.39. The Hall–Kier alpha value is -2.45. The Labute approximate surface area is 216 Å². The molecule has 0 aromatic rings. The maximum absolute atomic E-state index is 12.3. The highest BCUT2D eigenvalue weighted by Gasteiger charge is 2.61. The second-order valence-corrected chi connectivity index (χ2v) is 10.4. The van der Waals surface area contributed by atoms with Crippen LogP contribution < -0.4 is 16.0 Å². The molecule has 6 atom stereocenters. The number of hydrogen-bond acceptors (Lipinski definition) is 7. The number of hydrogen-bond donors (Lipinski definition) is 4. The van der Waals surface area contributed by atoms with Crippen LogP contribution in [0.25, 0.3) is 0 Å². The molecule has 0 radical (unpaired) electrons. The third-order valence-electron chi connectivity index (χ3n) is 5.81. The molecule has 36 heavy (non-hydrogen) atoms. The topological polar surface area (TPSA) is 143 Å². The summed E-state index contributed by atoms with van der Waals surface area (Å²) >= 11 is 0. The average molecular weight is 528 g/mol. The van der Waals surface area contributed by atoms with E-state index in [1.54, 1.807) is 39.8 Å². The standard InChI is InChI=1S/C14H23N2O3P.C11H19NO4/c1-3-10-6-14(10,13(18)19-4-2)16-12(17)11-5-9(8-20)7-15-11;1-5-6-7-8(9(13)14)12-10(15)16-11(2,3)4/h3,9-11,15H,1,4-8,20H2,2H3,(H,16,17);5,8H,1,6-7H2,2-4H3,(H,12,15)(H,13,14)/t9-,10-,11+,14-;8-/m10/s1. The van der Waals surface area contributed by atoms with Crippen LogP contribution >= 0.6 is 9.24 Å². The zero-order valence-corrected chi connectivity index (χ0v) is 23.0. The SMILES string of the molecule is C=CCC[C@H](NC(=O)OC(C)(C)C)C(=O)O.C=C[C@@H]1C[C@]1(NC(=O)[C@@H]1C[C@@H](CP)CN1)C(=O)OCC. The molecule has 2 aliphatic rings. The zero-order chi connectivity index (χ0) is 27.5. The second kappa shape index (κ2) is 14.3. The molecule has 204 valence electrons. The Kier molecular flexibility index (Phi) is 12.6. The van der Waals surface area contributed by atoms with E-state index in [4.69, 9.17) is 14.6 Å². The highest BCUT2D eigenvalue weighted by molar-refractivity contribution is 7.16. The third kappa shape index (κ3) is 9.90. The van der Waals surface area contributed by atoms with Crippen molar-refractivity contribution in [2.24, 2.45) is 11.8 Å². The van der Waals surface area contributed by atoms with Crippen molar-refractivity contribution in [3.63, 3.8) is 0 Å². The number of carboxylic acids is 1. The fourth-order valence-electron chi connectivity index (χ4n) is 3.75. The Morgan fingerprint density at radius 3 is 2.39 bits per heavy atom. The molecule has 1 heterocycles. The van der Waals surface area contributed by atoms with Crippen molar-refractivity contribution in [1.29, 1.82) is 0 Å². The molecule has 2 amide bonds. The summed E-state index contributed by atoms with van der Waals surface area (Å²) in [6.45, 7) is 15.3. The maximum atomic E-state index is 12.3. The summed E-state index contributed by atoms with van der Waals surface area (Å²) in [5.41, 5.74) is -1.51. The fraction of sp³-hybridized carbons (Fsp3) is 0.680. The van der Waals surface area contributed by atoms with Crippen molar-refractivity contribution in [3.05, 3.63) is 25.3 Å². The number of carbonyl (C=O) groups is 4. The fourth-order valence-corrected chi connectivity index (χ4v) is 4.11. The Balaban J connectivity index is 0.000000371. The number of carbonyl (C=O) groups excluding carboxylic acids is 3. The van der Waals surface area contributed by atoms with Crippen molar-refractivity contribution < 1.29 is 33.8 Å². The quantitative estimate of drug-likeness (QED) is 0.182. The molecule has 2 fully saturated rings. The first-order valence-corrected chi connectivity index (χ1v) is 13.0. The molecule has 1 unspecified atom stereocenters. The first kappa shape index (κ1) is 31.6. The molecule has 4 N–H and O–H groups in total. The molecule has 1 aliphatic carbocycles. The number of nitrogens with one attached hydrogen (secondary N) is 3. The second-order valence-electron chi connectivity index (χ2n) is 9.93. The van der Waals surface area contributed by atoms with Crippen molar-refractivity contribution >= 4 is 33.2 Å². The molecule has 1 aliphatic heterocycles. The summed E-state index contributed by atoms with van der Waals surface area (Å²) < 4.78 is 10.0. The van der Waals surface area contributed by atoms with Crippen molar-refractivity contribution in [3.8, 4) is 0 Å². The van der Waals surface area contributed by atoms with Crippen LogP contribution in [0.3, 0.4) is 0 Å². The minimum Gasteiger partial charge on any atom is -0.480 e. The summed E-state index contributed by atoms with van der Waals surface area (Å²) in [5, 5.41) is 17.2. The summed E-state index contributed by atoms with van der Waals surface area (Å²) in [5.74, 6) is -1.05. The number of rotatable bonds is 11.